The van der Waals surface area contributed by atoms with Crippen LogP contribution in [0.1, 0.15) is 35.6 Å². The van der Waals surface area contributed by atoms with Crippen LogP contribution in [-0.4, -0.2) is 48.1 Å². The zero-order valence-electron chi connectivity index (χ0n) is 20.6. The van der Waals surface area contributed by atoms with Crippen molar-refractivity contribution in [1.82, 2.24) is 4.90 Å². The molecule has 1 amide bonds. The largest absolute Gasteiger partial charge is 0.507 e. The zero-order valence-corrected chi connectivity index (χ0v) is 20.6. The summed E-state index contributed by atoms with van der Waals surface area (Å²) in [5.74, 6) is -0.568. The number of hydrogen-bond donors (Lipinski definition) is 1. The monoisotopic (exact) mass is 499 g/mol. The number of benzene rings is 3. The van der Waals surface area contributed by atoms with Crippen LogP contribution in [0.5, 0.6) is 11.5 Å². The van der Waals surface area contributed by atoms with Gasteiger partial charge in [-0.2, -0.15) is 0 Å². The molecule has 0 saturated carbocycles. The lowest BCUT2D eigenvalue weighted by atomic mass is 9.95. The second-order valence-corrected chi connectivity index (χ2v) is 9.14. The summed E-state index contributed by atoms with van der Waals surface area (Å²) in [6.07, 6.45) is 1.56. The summed E-state index contributed by atoms with van der Waals surface area (Å²) >= 11 is 0. The lowest BCUT2D eigenvalue weighted by molar-refractivity contribution is -0.140. The SMILES string of the molecule is COc1cc(C2/C(=C(\O)c3ccccc3)C(=O)C(=O)N2CC2CCCO2)ccc1OCc1ccccc1. The highest BCUT2D eigenvalue weighted by Gasteiger charge is 2.47. The first-order chi connectivity index (χ1) is 18.1. The van der Waals surface area contributed by atoms with E-state index in [1.54, 1.807) is 49.6 Å². The van der Waals surface area contributed by atoms with Gasteiger partial charge in [-0.05, 0) is 36.1 Å². The molecule has 7 heteroatoms. The number of carbonyl (C=O) groups is 2. The fourth-order valence-electron chi connectivity index (χ4n) is 4.88. The minimum absolute atomic E-state index is 0.0502. The Hall–Kier alpha value is -4.10. The number of aliphatic hydroxyl groups is 1. The third-order valence-electron chi connectivity index (χ3n) is 6.75. The van der Waals surface area contributed by atoms with Crippen LogP contribution >= 0.6 is 0 Å². The van der Waals surface area contributed by atoms with Crippen LogP contribution in [0, 0.1) is 0 Å². The molecule has 0 bridgehead atoms. The summed E-state index contributed by atoms with van der Waals surface area (Å²) in [6, 6.07) is 23.1. The van der Waals surface area contributed by atoms with Crippen molar-refractivity contribution in [2.75, 3.05) is 20.3 Å². The Morgan fingerprint density at radius 2 is 1.73 bits per heavy atom. The number of ketones is 1. The van der Waals surface area contributed by atoms with Crippen molar-refractivity contribution >= 4 is 17.4 Å². The van der Waals surface area contributed by atoms with E-state index in [0.717, 1.165) is 18.4 Å². The molecule has 2 saturated heterocycles. The molecule has 2 atom stereocenters. The number of Topliss-reactive ketones (excluding diaryl/α,β-unsaturated/α-hetero) is 1. The van der Waals surface area contributed by atoms with Gasteiger partial charge < -0.3 is 24.2 Å². The lowest BCUT2D eigenvalue weighted by Gasteiger charge is -2.28. The average molecular weight is 500 g/mol. The second-order valence-electron chi connectivity index (χ2n) is 9.14. The zero-order chi connectivity index (χ0) is 25.8. The van der Waals surface area contributed by atoms with Crippen molar-refractivity contribution < 1.29 is 28.9 Å². The molecule has 2 heterocycles. The number of rotatable bonds is 8. The Bertz CT molecular complexity index is 1300. The third-order valence-corrected chi connectivity index (χ3v) is 6.75. The molecule has 0 radical (unpaired) electrons. The fraction of sp³-hybridized carbons (Fsp3) is 0.267. The molecule has 2 aliphatic rings. The number of methoxy groups -OCH3 is 1. The highest BCUT2D eigenvalue weighted by Crippen LogP contribution is 2.42. The summed E-state index contributed by atoms with van der Waals surface area (Å²) in [6.45, 7) is 1.25. The van der Waals surface area contributed by atoms with Crippen molar-refractivity contribution in [2.45, 2.75) is 31.6 Å². The molecule has 2 fully saturated rings. The maximum Gasteiger partial charge on any atom is 0.295 e. The Balaban J connectivity index is 1.53. The summed E-state index contributed by atoms with van der Waals surface area (Å²) < 4.78 is 17.4. The highest BCUT2D eigenvalue weighted by atomic mass is 16.5. The molecule has 190 valence electrons. The van der Waals surface area contributed by atoms with Gasteiger partial charge in [0.2, 0.25) is 0 Å². The molecule has 2 unspecified atom stereocenters. The van der Waals surface area contributed by atoms with Crippen molar-refractivity contribution in [3.63, 3.8) is 0 Å². The van der Waals surface area contributed by atoms with Crippen LogP contribution in [0.2, 0.25) is 0 Å². The number of ether oxygens (including phenoxy) is 3. The maximum absolute atomic E-state index is 13.3. The van der Waals surface area contributed by atoms with E-state index in [-0.39, 0.29) is 24.0 Å². The van der Waals surface area contributed by atoms with Crippen molar-refractivity contribution in [1.29, 1.82) is 0 Å². The van der Waals surface area contributed by atoms with Crippen LogP contribution in [-0.2, 0) is 20.9 Å². The number of likely N-dealkylation sites (tertiary alicyclic amines) is 1. The van der Waals surface area contributed by atoms with Gasteiger partial charge >= 0.3 is 0 Å². The summed E-state index contributed by atoms with van der Waals surface area (Å²) in [4.78, 5) is 28.0. The third kappa shape index (κ3) is 5.08. The lowest BCUT2D eigenvalue weighted by Crippen LogP contribution is -2.36. The van der Waals surface area contributed by atoms with Gasteiger partial charge in [0.05, 0.1) is 24.8 Å². The maximum atomic E-state index is 13.3. The predicted octanol–water partition coefficient (Wildman–Crippen LogP) is 4.87. The van der Waals surface area contributed by atoms with Crippen molar-refractivity contribution in [2.24, 2.45) is 0 Å². The van der Waals surface area contributed by atoms with E-state index in [9.17, 15) is 14.7 Å². The molecule has 3 aromatic carbocycles. The molecular formula is C30H29NO6. The molecule has 0 aliphatic carbocycles. The van der Waals surface area contributed by atoms with Gasteiger partial charge in [-0.1, -0.05) is 66.7 Å². The number of carbonyl (C=O) groups excluding carboxylic acids is 2. The van der Waals surface area contributed by atoms with Gasteiger partial charge in [-0.25, -0.2) is 0 Å². The highest BCUT2D eigenvalue weighted by molar-refractivity contribution is 6.46. The quantitative estimate of drug-likeness (QED) is 0.270. The van der Waals surface area contributed by atoms with E-state index in [2.05, 4.69) is 0 Å². The second kappa shape index (κ2) is 10.9. The normalized spacial score (nSPS) is 20.8. The summed E-state index contributed by atoms with van der Waals surface area (Å²) in [5, 5.41) is 11.2. The first kappa shape index (κ1) is 24.6. The molecule has 1 N–H and O–H groups in total. The molecule has 2 aliphatic heterocycles. The Morgan fingerprint density at radius 3 is 2.41 bits per heavy atom. The standard InChI is InChI=1S/C30H29NO6/c1-35-25-17-22(14-15-24(25)37-19-20-9-4-2-5-10-20)27-26(28(32)21-11-6-3-7-12-21)29(33)30(34)31(27)18-23-13-8-16-36-23/h2-7,9-12,14-15,17,23,27,32H,8,13,16,18-19H2,1H3/b28-26+. The van der Waals surface area contributed by atoms with Gasteiger partial charge in [-0.15, -0.1) is 0 Å². The molecule has 37 heavy (non-hydrogen) atoms. The van der Waals surface area contributed by atoms with Crippen molar-refractivity contribution in [3.8, 4) is 11.5 Å². The Labute approximate surface area is 215 Å². The van der Waals surface area contributed by atoms with Crippen molar-refractivity contribution in [3.05, 3.63) is 101 Å². The Kier molecular flexibility index (Phi) is 7.23. The number of aliphatic hydroxyl groups excluding tert-OH is 1. The van der Waals surface area contributed by atoms with E-state index >= 15 is 0 Å². The van der Waals surface area contributed by atoms with E-state index in [1.807, 2.05) is 36.4 Å². The number of amides is 1. The fourth-order valence-corrected chi connectivity index (χ4v) is 4.88. The molecular weight excluding hydrogens is 470 g/mol. The van der Waals surface area contributed by atoms with Crippen LogP contribution in [0.25, 0.3) is 5.76 Å². The van der Waals surface area contributed by atoms with E-state index < -0.39 is 17.7 Å². The van der Waals surface area contributed by atoms with Gasteiger partial charge in [0.25, 0.3) is 11.7 Å². The Morgan fingerprint density at radius 1 is 1.00 bits per heavy atom. The van der Waals surface area contributed by atoms with Crippen LogP contribution < -0.4 is 9.47 Å². The van der Waals surface area contributed by atoms with Crippen LogP contribution in [0.15, 0.2) is 84.4 Å². The summed E-state index contributed by atoms with van der Waals surface area (Å²) in [5.41, 5.74) is 2.17. The molecule has 0 aromatic heterocycles. The average Bonchev–Trinajstić information content (AvgIpc) is 3.55. The molecule has 0 spiro atoms. The minimum Gasteiger partial charge on any atom is -0.507 e. The smallest absolute Gasteiger partial charge is 0.295 e. The first-order valence-electron chi connectivity index (χ1n) is 12.4. The summed E-state index contributed by atoms with van der Waals surface area (Å²) in [7, 11) is 1.54. The van der Waals surface area contributed by atoms with E-state index in [4.69, 9.17) is 14.2 Å². The van der Waals surface area contributed by atoms with Crippen LogP contribution in [0.3, 0.4) is 0 Å². The molecule has 5 rings (SSSR count). The van der Waals surface area contributed by atoms with E-state index in [0.29, 0.717) is 35.8 Å². The van der Waals surface area contributed by atoms with Crippen LogP contribution in [0.4, 0.5) is 0 Å². The molecule has 7 nitrogen and oxygen atoms in total. The van der Waals surface area contributed by atoms with Gasteiger partial charge in [0, 0.05) is 18.7 Å². The number of nitrogens with zero attached hydrogens (tertiary/aromatic N) is 1. The van der Waals surface area contributed by atoms with Gasteiger partial charge in [-0.3, -0.25) is 9.59 Å². The van der Waals surface area contributed by atoms with E-state index in [1.165, 1.54) is 4.90 Å². The predicted molar refractivity (Wildman–Crippen MR) is 138 cm³/mol. The first-order valence-corrected chi connectivity index (χ1v) is 12.4. The topological polar surface area (TPSA) is 85.3 Å². The number of hydrogen-bond acceptors (Lipinski definition) is 6. The minimum atomic E-state index is -0.790. The molecule has 3 aromatic rings. The van der Waals surface area contributed by atoms with Gasteiger partial charge in [0.15, 0.2) is 11.5 Å². The van der Waals surface area contributed by atoms with Gasteiger partial charge in [0.1, 0.15) is 12.4 Å².